The summed E-state index contributed by atoms with van der Waals surface area (Å²) in [7, 11) is 0. The second-order valence-corrected chi connectivity index (χ2v) is 5.46. The van der Waals surface area contributed by atoms with Gasteiger partial charge in [-0.25, -0.2) is 0 Å². The molecule has 0 aliphatic carbocycles. The standard InChI is InChI=1S/C14H22N2O2S/c15-13-5-2-1-4-12(13)6-7-14(18)16-8-11-19-10-3-9-17/h1-2,4-5,17H,3,6-11,15H2,(H,16,18). The number of nitrogen functional groups attached to an aromatic ring is 1. The third-order valence-corrected chi connectivity index (χ3v) is 3.76. The summed E-state index contributed by atoms with van der Waals surface area (Å²) in [6, 6.07) is 7.63. The summed E-state index contributed by atoms with van der Waals surface area (Å²) in [5.74, 6) is 1.89. The Balaban J connectivity index is 2.10. The third-order valence-electron chi connectivity index (χ3n) is 2.69. The van der Waals surface area contributed by atoms with Crippen molar-refractivity contribution < 1.29 is 9.90 Å². The zero-order valence-corrected chi connectivity index (χ0v) is 11.9. The molecule has 0 fully saturated rings. The average molecular weight is 282 g/mol. The number of aliphatic hydroxyl groups is 1. The molecule has 0 saturated heterocycles. The molecule has 1 aromatic rings. The topological polar surface area (TPSA) is 75.4 Å². The van der Waals surface area contributed by atoms with Crippen molar-refractivity contribution in [2.45, 2.75) is 19.3 Å². The number of carbonyl (C=O) groups excluding carboxylic acids is 1. The molecule has 106 valence electrons. The van der Waals surface area contributed by atoms with Crippen molar-refractivity contribution in [1.82, 2.24) is 5.32 Å². The minimum atomic E-state index is 0.0611. The Morgan fingerprint density at radius 2 is 2.11 bits per heavy atom. The van der Waals surface area contributed by atoms with E-state index in [9.17, 15) is 4.79 Å². The molecule has 0 aromatic heterocycles. The molecular formula is C14H22N2O2S. The maximum absolute atomic E-state index is 11.6. The zero-order chi connectivity index (χ0) is 13.9. The first-order chi connectivity index (χ1) is 9.24. The molecule has 1 aromatic carbocycles. The van der Waals surface area contributed by atoms with E-state index in [1.807, 2.05) is 24.3 Å². The van der Waals surface area contributed by atoms with E-state index in [1.54, 1.807) is 11.8 Å². The van der Waals surface area contributed by atoms with Gasteiger partial charge in [-0.1, -0.05) is 18.2 Å². The van der Waals surface area contributed by atoms with Crippen LogP contribution in [0.25, 0.3) is 0 Å². The molecular weight excluding hydrogens is 260 g/mol. The highest BCUT2D eigenvalue weighted by atomic mass is 32.2. The van der Waals surface area contributed by atoms with Gasteiger partial charge in [-0.05, 0) is 30.2 Å². The van der Waals surface area contributed by atoms with Gasteiger partial charge in [-0.3, -0.25) is 4.79 Å². The lowest BCUT2D eigenvalue weighted by molar-refractivity contribution is -0.120. The predicted octanol–water partition coefficient (Wildman–Crippen LogP) is 1.43. The van der Waals surface area contributed by atoms with Crippen LogP contribution in [0.4, 0.5) is 5.69 Å². The molecule has 0 aliphatic rings. The molecule has 0 heterocycles. The highest BCUT2D eigenvalue weighted by Crippen LogP contribution is 2.12. The summed E-state index contributed by atoms with van der Waals surface area (Å²) in [6.07, 6.45) is 1.96. The van der Waals surface area contributed by atoms with Crippen LogP contribution in [0.15, 0.2) is 24.3 Å². The predicted molar refractivity (Wildman–Crippen MR) is 81.2 cm³/mol. The van der Waals surface area contributed by atoms with Crippen LogP contribution in [-0.2, 0) is 11.2 Å². The second-order valence-electron chi connectivity index (χ2n) is 4.24. The Morgan fingerprint density at radius 3 is 2.84 bits per heavy atom. The van der Waals surface area contributed by atoms with Crippen LogP contribution in [0, 0.1) is 0 Å². The van der Waals surface area contributed by atoms with Gasteiger partial charge < -0.3 is 16.2 Å². The SMILES string of the molecule is Nc1ccccc1CCC(=O)NCCSCCCO. The van der Waals surface area contributed by atoms with Crippen molar-refractivity contribution in [3.63, 3.8) is 0 Å². The maximum Gasteiger partial charge on any atom is 0.220 e. The van der Waals surface area contributed by atoms with Gasteiger partial charge in [0, 0.05) is 31.0 Å². The second kappa shape index (κ2) is 9.69. The fourth-order valence-electron chi connectivity index (χ4n) is 1.63. The quantitative estimate of drug-likeness (QED) is 0.473. The minimum absolute atomic E-state index is 0.0611. The summed E-state index contributed by atoms with van der Waals surface area (Å²) in [4.78, 5) is 11.6. The molecule has 0 radical (unpaired) electrons. The number of hydrogen-bond donors (Lipinski definition) is 3. The minimum Gasteiger partial charge on any atom is -0.399 e. The van der Waals surface area contributed by atoms with Crippen LogP contribution < -0.4 is 11.1 Å². The number of nitrogens with two attached hydrogens (primary N) is 1. The van der Waals surface area contributed by atoms with E-state index >= 15 is 0 Å². The molecule has 4 N–H and O–H groups in total. The molecule has 1 amide bonds. The van der Waals surface area contributed by atoms with Gasteiger partial charge in [0.2, 0.25) is 5.91 Å². The fraction of sp³-hybridized carbons (Fsp3) is 0.500. The molecule has 5 heteroatoms. The van der Waals surface area contributed by atoms with Crippen LogP contribution >= 0.6 is 11.8 Å². The zero-order valence-electron chi connectivity index (χ0n) is 11.1. The number of benzene rings is 1. The summed E-state index contributed by atoms with van der Waals surface area (Å²) in [5.41, 5.74) is 7.59. The van der Waals surface area contributed by atoms with Crippen LogP contribution in [-0.4, -0.2) is 35.7 Å². The number of rotatable bonds is 9. The van der Waals surface area contributed by atoms with E-state index in [2.05, 4.69) is 5.32 Å². The number of amides is 1. The van der Waals surface area contributed by atoms with Gasteiger partial charge in [-0.2, -0.15) is 11.8 Å². The van der Waals surface area contributed by atoms with E-state index < -0.39 is 0 Å². The Hall–Kier alpha value is -1.20. The van der Waals surface area contributed by atoms with E-state index in [0.29, 0.717) is 19.4 Å². The van der Waals surface area contributed by atoms with Crippen molar-refractivity contribution >= 4 is 23.4 Å². The summed E-state index contributed by atoms with van der Waals surface area (Å²) in [5, 5.41) is 11.5. The molecule has 0 aliphatic heterocycles. The van der Waals surface area contributed by atoms with Gasteiger partial charge >= 0.3 is 0 Å². The van der Waals surface area contributed by atoms with E-state index in [1.165, 1.54) is 0 Å². The first kappa shape index (κ1) is 15.9. The first-order valence-electron chi connectivity index (χ1n) is 6.52. The Bertz CT molecular complexity index is 385. The smallest absolute Gasteiger partial charge is 0.220 e. The maximum atomic E-state index is 11.6. The van der Waals surface area contributed by atoms with Crippen LogP contribution in [0.1, 0.15) is 18.4 Å². The van der Waals surface area contributed by atoms with Crippen LogP contribution in [0.2, 0.25) is 0 Å². The van der Waals surface area contributed by atoms with Crippen molar-refractivity contribution in [3.05, 3.63) is 29.8 Å². The monoisotopic (exact) mass is 282 g/mol. The lowest BCUT2D eigenvalue weighted by atomic mass is 10.1. The third kappa shape index (κ3) is 7.08. The van der Waals surface area contributed by atoms with Gasteiger partial charge in [0.1, 0.15) is 0 Å². The molecule has 0 spiro atoms. The number of carbonyl (C=O) groups is 1. The Labute approximate surface area is 118 Å². The molecule has 19 heavy (non-hydrogen) atoms. The van der Waals surface area contributed by atoms with Gasteiger partial charge in [0.05, 0.1) is 0 Å². The van der Waals surface area contributed by atoms with Crippen LogP contribution in [0.5, 0.6) is 0 Å². The van der Waals surface area contributed by atoms with Crippen molar-refractivity contribution in [2.75, 3.05) is 30.4 Å². The summed E-state index contributed by atoms with van der Waals surface area (Å²) < 4.78 is 0. The van der Waals surface area contributed by atoms with E-state index in [-0.39, 0.29) is 12.5 Å². The normalized spacial score (nSPS) is 10.4. The number of thioether (sulfide) groups is 1. The average Bonchev–Trinajstić information content (AvgIpc) is 2.42. The Morgan fingerprint density at radius 1 is 1.32 bits per heavy atom. The van der Waals surface area contributed by atoms with Gasteiger partial charge in [0.25, 0.3) is 0 Å². The number of aliphatic hydroxyl groups excluding tert-OH is 1. The van der Waals surface area contributed by atoms with Gasteiger partial charge in [0.15, 0.2) is 0 Å². The van der Waals surface area contributed by atoms with E-state index in [0.717, 1.165) is 29.2 Å². The van der Waals surface area contributed by atoms with Gasteiger partial charge in [-0.15, -0.1) is 0 Å². The largest absolute Gasteiger partial charge is 0.399 e. The fourth-order valence-corrected chi connectivity index (χ4v) is 2.41. The highest BCUT2D eigenvalue weighted by molar-refractivity contribution is 7.99. The lowest BCUT2D eigenvalue weighted by Crippen LogP contribution is -2.26. The summed E-state index contributed by atoms with van der Waals surface area (Å²) >= 11 is 1.74. The first-order valence-corrected chi connectivity index (χ1v) is 7.68. The lowest BCUT2D eigenvalue weighted by Gasteiger charge is -2.06. The van der Waals surface area contributed by atoms with Crippen molar-refractivity contribution in [2.24, 2.45) is 0 Å². The number of hydrogen-bond acceptors (Lipinski definition) is 4. The molecule has 0 unspecified atom stereocenters. The van der Waals surface area contributed by atoms with Crippen LogP contribution in [0.3, 0.4) is 0 Å². The van der Waals surface area contributed by atoms with E-state index in [4.69, 9.17) is 10.8 Å². The summed E-state index contributed by atoms with van der Waals surface area (Å²) in [6.45, 7) is 0.914. The number of anilines is 1. The molecule has 1 rings (SSSR count). The molecule has 0 atom stereocenters. The molecule has 0 bridgehead atoms. The Kier molecular flexibility index (Phi) is 8.09. The molecule has 4 nitrogen and oxygen atoms in total. The number of aryl methyl sites for hydroxylation is 1. The highest BCUT2D eigenvalue weighted by Gasteiger charge is 2.03. The number of para-hydroxylation sites is 1. The van der Waals surface area contributed by atoms with Crippen molar-refractivity contribution in [3.8, 4) is 0 Å². The number of nitrogens with one attached hydrogen (secondary N) is 1. The molecule has 0 saturated carbocycles. The van der Waals surface area contributed by atoms with Crippen molar-refractivity contribution in [1.29, 1.82) is 0 Å².